The third-order valence-corrected chi connectivity index (χ3v) is 4.99. The molecule has 3 atom stereocenters. The molecule has 1 aromatic heterocycles. The molecule has 27 heavy (non-hydrogen) atoms. The van der Waals surface area contributed by atoms with Gasteiger partial charge >= 0.3 is 17.1 Å². The summed E-state index contributed by atoms with van der Waals surface area (Å²) in [6.07, 6.45) is -0.146. The third kappa shape index (κ3) is 3.41. The van der Waals surface area contributed by atoms with E-state index in [1.165, 1.54) is 0 Å². The van der Waals surface area contributed by atoms with E-state index in [4.69, 9.17) is 14.2 Å². The molecule has 0 bridgehead atoms. The van der Waals surface area contributed by atoms with Crippen molar-refractivity contribution in [3.8, 4) is 0 Å². The zero-order valence-corrected chi connectivity index (χ0v) is 14.6. The van der Waals surface area contributed by atoms with Gasteiger partial charge in [0.15, 0.2) is 0 Å². The molecule has 5 rings (SSSR count). The van der Waals surface area contributed by atoms with Crippen molar-refractivity contribution in [1.29, 1.82) is 0 Å². The molecule has 3 aliphatic rings. The molecule has 0 radical (unpaired) electrons. The fourth-order valence-electron chi connectivity index (χ4n) is 3.15. The van der Waals surface area contributed by atoms with Crippen LogP contribution in [0.4, 0.5) is 0 Å². The van der Waals surface area contributed by atoms with Gasteiger partial charge in [-0.1, -0.05) is 24.3 Å². The monoisotopic (exact) mass is 373 g/mol. The Balaban J connectivity index is 1.53. The second-order valence-corrected chi connectivity index (χ2v) is 7.13. The molecule has 3 saturated heterocycles. The Morgan fingerprint density at radius 2 is 1.22 bits per heavy atom. The van der Waals surface area contributed by atoms with Gasteiger partial charge in [0, 0.05) is 0 Å². The van der Waals surface area contributed by atoms with E-state index in [0.29, 0.717) is 13.2 Å². The van der Waals surface area contributed by atoms with Crippen LogP contribution in [0.2, 0.25) is 0 Å². The molecule has 0 aliphatic carbocycles. The number of aromatic nitrogens is 3. The number of hydrogen-bond donors (Lipinski definition) is 0. The van der Waals surface area contributed by atoms with E-state index in [1.54, 1.807) is 0 Å². The molecule has 9 heteroatoms. The van der Waals surface area contributed by atoms with Crippen LogP contribution in [-0.4, -0.2) is 45.7 Å². The zero-order valence-electron chi connectivity index (χ0n) is 14.6. The van der Waals surface area contributed by atoms with E-state index >= 15 is 0 Å². The van der Waals surface area contributed by atoms with Crippen LogP contribution in [0.3, 0.4) is 0 Å². The summed E-state index contributed by atoms with van der Waals surface area (Å²) in [4.78, 5) is 38.3. The summed E-state index contributed by atoms with van der Waals surface area (Å²) < 4.78 is 18.8. The van der Waals surface area contributed by atoms with Gasteiger partial charge in [0.05, 0.1) is 51.7 Å². The van der Waals surface area contributed by atoms with E-state index < -0.39 is 17.1 Å². The van der Waals surface area contributed by atoms with Crippen LogP contribution >= 0.6 is 0 Å². The molecule has 0 N–H and O–H groups in total. The second kappa shape index (κ2) is 6.29. The van der Waals surface area contributed by atoms with Crippen LogP contribution in [0.25, 0.3) is 0 Å². The molecule has 142 valence electrons. The average molecular weight is 373 g/mol. The van der Waals surface area contributed by atoms with Crippen molar-refractivity contribution in [2.45, 2.75) is 37.9 Å². The molecule has 1 aromatic carbocycles. The lowest BCUT2D eigenvalue weighted by Crippen LogP contribution is -2.55. The average Bonchev–Trinajstić information content (AvgIpc) is 3.53. The fourth-order valence-corrected chi connectivity index (χ4v) is 3.15. The van der Waals surface area contributed by atoms with Crippen molar-refractivity contribution in [1.82, 2.24) is 13.7 Å². The normalized spacial score (nSPS) is 25.4. The first kappa shape index (κ1) is 16.7. The first-order valence-electron chi connectivity index (χ1n) is 8.98. The molecular formula is C18H19N3O6. The van der Waals surface area contributed by atoms with Crippen LogP contribution in [0.1, 0.15) is 17.2 Å². The minimum Gasteiger partial charge on any atom is -0.371 e. The second-order valence-electron chi connectivity index (χ2n) is 7.13. The van der Waals surface area contributed by atoms with Gasteiger partial charge in [0.2, 0.25) is 0 Å². The van der Waals surface area contributed by atoms with Gasteiger partial charge in [-0.25, -0.2) is 28.1 Å². The number of nitrogens with zero attached hydrogens (tertiary/aromatic N) is 3. The molecule has 3 aliphatic heterocycles. The highest BCUT2D eigenvalue weighted by Crippen LogP contribution is 2.29. The summed E-state index contributed by atoms with van der Waals surface area (Å²) >= 11 is 0. The molecule has 0 saturated carbocycles. The lowest BCUT2D eigenvalue weighted by Gasteiger charge is -2.13. The zero-order chi connectivity index (χ0) is 18.5. The van der Waals surface area contributed by atoms with E-state index in [-0.39, 0.29) is 37.9 Å². The Hall–Kier alpha value is -2.49. The third-order valence-electron chi connectivity index (χ3n) is 4.99. The van der Waals surface area contributed by atoms with E-state index in [1.807, 2.05) is 24.3 Å². The van der Waals surface area contributed by atoms with Gasteiger partial charge < -0.3 is 14.2 Å². The summed E-state index contributed by atoms with van der Waals surface area (Å²) in [6.45, 7) is 2.16. The summed E-state index contributed by atoms with van der Waals surface area (Å²) in [7, 11) is 0. The van der Waals surface area contributed by atoms with E-state index in [2.05, 4.69) is 0 Å². The van der Waals surface area contributed by atoms with Crippen LogP contribution < -0.4 is 17.1 Å². The molecule has 3 unspecified atom stereocenters. The fraction of sp³-hybridized carbons (Fsp3) is 0.500. The molecule has 0 amide bonds. The minimum absolute atomic E-state index is 0.0980. The minimum atomic E-state index is -0.608. The Labute approximate surface area is 153 Å². The van der Waals surface area contributed by atoms with Crippen LogP contribution in [0.15, 0.2) is 38.6 Å². The maximum absolute atomic E-state index is 12.8. The van der Waals surface area contributed by atoms with Gasteiger partial charge in [-0.3, -0.25) is 0 Å². The van der Waals surface area contributed by atoms with Gasteiger partial charge in [-0.2, -0.15) is 0 Å². The molecule has 9 nitrogen and oxygen atoms in total. The van der Waals surface area contributed by atoms with Crippen molar-refractivity contribution >= 4 is 0 Å². The first-order chi connectivity index (χ1) is 13.1. The highest BCUT2D eigenvalue weighted by molar-refractivity contribution is 5.26. The predicted octanol–water partition coefficient (Wildman–Crippen LogP) is -0.911. The van der Waals surface area contributed by atoms with Crippen LogP contribution in [0.5, 0.6) is 0 Å². The number of rotatable bonds is 7. The maximum atomic E-state index is 12.8. The highest BCUT2D eigenvalue weighted by atomic mass is 16.6. The van der Waals surface area contributed by atoms with Gasteiger partial charge in [0.25, 0.3) is 0 Å². The van der Waals surface area contributed by atoms with Gasteiger partial charge in [-0.05, 0) is 11.1 Å². The highest BCUT2D eigenvalue weighted by Gasteiger charge is 2.29. The molecule has 3 fully saturated rings. The quantitative estimate of drug-likeness (QED) is 0.582. The van der Waals surface area contributed by atoms with Crippen LogP contribution in [-0.2, 0) is 33.8 Å². The smallest absolute Gasteiger partial charge is 0.336 e. The maximum Gasteiger partial charge on any atom is 0.336 e. The molecule has 0 spiro atoms. The lowest BCUT2D eigenvalue weighted by atomic mass is 10.1. The first-order valence-corrected chi connectivity index (χ1v) is 8.98. The van der Waals surface area contributed by atoms with Gasteiger partial charge in [-0.15, -0.1) is 0 Å². The number of hydrogen-bond acceptors (Lipinski definition) is 6. The Morgan fingerprint density at radius 1 is 0.741 bits per heavy atom. The van der Waals surface area contributed by atoms with E-state index in [0.717, 1.165) is 31.4 Å². The molecule has 4 heterocycles. The Kier molecular flexibility index (Phi) is 3.88. The summed E-state index contributed by atoms with van der Waals surface area (Å²) in [5.74, 6) is 0. The lowest BCUT2D eigenvalue weighted by molar-refractivity contribution is 0.342. The van der Waals surface area contributed by atoms with Crippen LogP contribution in [0, 0.1) is 0 Å². The SMILES string of the molecule is O=c1n(Cc2ccc(C3CO3)cc2)c(=O)n(CC2CO2)c(=O)n1CC1CO1. The topological polar surface area (TPSA) is 104 Å². The van der Waals surface area contributed by atoms with E-state index in [9.17, 15) is 14.4 Å². The van der Waals surface area contributed by atoms with Crippen molar-refractivity contribution in [3.63, 3.8) is 0 Å². The van der Waals surface area contributed by atoms with Crippen molar-refractivity contribution < 1.29 is 14.2 Å². The largest absolute Gasteiger partial charge is 0.371 e. The molecular weight excluding hydrogens is 354 g/mol. The standard InChI is InChI=1S/C18H19N3O6/c22-16-19(5-11-1-3-12(4-2-11)15-10-27-15)17(23)21(7-14-9-26-14)18(24)20(16)6-13-8-25-13/h1-4,13-15H,5-10H2. The number of epoxide rings is 3. The number of benzene rings is 1. The van der Waals surface area contributed by atoms with Crippen molar-refractivity contribution in [3.05, 3.63) is 66.8 Å². The molecule has 2 aromatic rings. The predicted molar refractivity (Wildman–Crippen MR) is 92.9 cm³/mol. The van der Waals surface area contributed by atoms with Crippen molar-refractivity contribution in [2.75, 3.05) is 19.8 Å². The van der Waals surface area contributed by atoms with Crippen molar-refractivity contribution in [2.24, 2.45) is 0 Å². The Bertz CT molecular complexity index is 986. The summed E-state index contributed by atoms with van der Waals surface area (Å²) in [5.41, 5.74) is 0.0607. The number of ether oxygens (including phenoxy) is 3. The Morgan fingerprint density at radius 3 is 1.67 bits per heavy atom. The summed E-state index contributed by atoms with van der Waals surface area (Å²) in [5, 5.41) is 0. The summed E-state index contributed by atoms with van der Waals surface area (Å²) in [6, 6.07) is 7.61. The van der Waals surface area contributed by atoms with Gasteiger partial charge in [0.1, 0.15) is 6.10 Å².